The van der Waals surface area contributed by atoms with Crippen molar-refractivity contribution in [1.82, 2.24) is 0 Å². The zero-order chi connectivity index (χ0) is 20.8. The van der Waals surface area contributed by atoms with Crippen molar-refractivity contribution < 1.29 is 24.1 Å². The first kappa shape index (κ1) is 20.3. The molecule has 3 aromatic rings. The number of rotatable bonds is 7. The van der Waals surface area contributed by atoms with Gasteiger partial charge in [-0.1, -0.05) is 29.8 Å². The summed E-state index contributed by atoms with van der Waals surface area (Å²) < 4.78 is 16.4. The molecule has 0 aliphatic carbocycles. The molecule has 0 bridgehead atoms. The van der Waals surface area contributed by atoms with E-state index in [1.54, 1.807) is 73.8 Å². The topological polar surface area (TPSA) is 65.0 Å². The lowest BCUT2D eigenvalue weighted by Crippen LogP contribution is -1.97. The van der Waals surface area contributed by atoms with Gasteiger partial charge in [-0.3, -0.25) is 0 Å². The lowest BCUT2D eigenvalue weighted by molar-refractivity contribution is -0.131. The van der Waals surface area contributed by atoms with Crippen molar-refractivity contribution in [2.75, 3.05) is 14.2 Å². The molecule has 3 aromatic carbocycles. The fourth-order valence-corrected chi connectivity index (χ4v) is 2.93. The highest BCUT2D eigenvalue weighted by Gasteiger charge is 2.12. The van der Waals surface area contributed by atoms with Gasteiger partial charge in [0.05, 0.1) is 14.2 Å². The van der Waals surface area contributed by atoms with Crippen LogP contribution in [0.4, 0.5) is 0 Å². The third-order valence-electron chi connectivity index (χ3n) is 4.18. The summed E-state index contributed by atoms with van der Waals surface area (Å²) in [5.74, 6) is 1.32. The zero-order valence-electron chi connectivity index (χ0n) is 15.9. The number of hydrogen-bond acceptors (Lipinski definition) is 4. The minimum Gasteiger partial charge on any atom is -0.493 e. The number of carboxylic acid groups (broad SMARTS) is 1. The van der Waals surface area contributed by atoms with E-state index < -0.39 is 5.97 Å². The Morgan fingerprint density at radius 2 is 1.38 bits per heavy atom. The summed E-state index contributed by atoms with van der Waals surface area (Å²) in [5.41, 5.74) is 1.95. The third kappa shape index (κ3) is 5.09. The molecule has 0 aliphatic rings. The van der Waals surface area contributed by atoms with Crippen LogP contribution in [0.15, 0.2) is 72.8 Å². The number of halogens is 1. The maximum atomic E-state index is 11.4. The standard InChI is InChI=1S/C23H19ClO5/c1-27-21-12-5-16(13-22(21)28-2)20(14-23(25)26)15-3-8-18(9-4-15)29-19-10-6-17(24)7-11-19/h3-14H,1-2H3,(H,25,26). The van der Waals surface area contributed by atoms with Gasteiger partial charge in [-0.05, 0) is 65.2 Å². The van der Waals surface area contributed by atoms with E-state index in [9.17, 15) is 9.90 Å². The second kappa shape index (κ2) is 9.17. The highest BCUT2D eigenvalue weighted by Crippen LogP contribution is 2.33. The number of carboxylic acids is 1. The number of benzene rings is 3. The van der Waals surface area contributed by atoms with Crippen molar-refractivity contribution in [2.24, 2.45) is 0 Å². The molecule has 0 saturated heterocycles. The summed E-state index contributed by atoms with van der Waals surface area (Å²) in [7, 11) is 3.08. The van der Waals surface area contributed by atoms with Gasteiger partial charge in [0.25, 0.3) is 0 Å². The lowest BCUT2D eigenvalue weighted by Gasteiger charge is -2.13. The number of aliphatic carboxylic acids is 1. The van der Waals surface area contributed by atoms with E-state index in [0.717, 1.165) is 11.6 Å². The number of carbonyl (C=O) groups is 1. The minimum atomic E-state index is -1.05. The maximum absolute atomic E-state index is 11.4. The van der Waals surface area contributed by atoms with E-state index in [1.807, 2.05) is 0 Å². The molecule has 148 valence electrons. The quantitative estimate of drug-likeness (QED) is 0.508. The summed E-state index contributed by atoms with van der Waals surface area (Å²) in [4.78, 5) is 11.4. The van der Waals surface area contributed by atoms with Crippen molar-refractivity contribution in [1.29, 1.82) is 0 Å². The Morgan fingerprint density at radius 3 is 1.93 bits per heavy atom. The van der Waals surface area contributed by atoms with E-state index in [2.05, 4.69) is 0 Å². The van der Waals surface area contributed by atoms with Crippen molar-refractivity contribution in [3.63, 3.8) is 0 Å². The maximum Gasteiger partial charge on any atom is 0.328 e. The SMILES string of the molecule is COc1ccc(C(=CC(=O)O)c2ccc(Oc3ccc(Cl)cc3)cc2)cc1OC. The molecular weight excluding hydrogens is 392 g/mol. The molecule has 0 heterocycles. The fourth-order valence-electron chi connectivity index (χ4n) is 2.80. The van der Waals surface area contributed by atoms with Gasteiger partial charge in [0, 0.05) is 11.1 Å². The molecule has 0 atom stereocenters. The molecule has 5 nitrogen and oxygen atoms in total. The summed E-state index contributed by atoms with van der Waals surface area (Å²) in [5, 5.41) is 9.97. The van der Waals surface area contributed by atoms with Crippen LogP contribution in [-0.4, -0.2) is 25.3 Å². The Kier molecular flexibility index (Phi) is 6.42. The van der Waals surface area contributed by atoms with Gasteiger partial charge in [0.2, 0.25) is 0 Å². The third-order valence-corrected chi connectivity index (χ3v) is 4.43. The monoisotopic (exact) mass is 410 g/mol. The van der Waals surface area contributed by atoms with Gasteiger partial charge in [0.15, 0.2) is 11.5 Å². The number of methoxy groups -OCH3 is 2. The first-order chi connectivity index (χ1) is 14.0. The highest BCUT2D eigenvalue weighted by molar-refractivity contribution is 6.30. The smallest absolute Gasteiger partial charge is 0.328 e. The van der Waals surface area contributed by atoms with Gasteiger partial charge >= 0.3 is 5.97 Å². The fraction of sp³-hybridized carbons (Fsp3) is 0.0870. The van der Waals surface area contributed by atoms with Gasteiger partial charge in [-0.2, -0.15) is 0 Å². The van der Waals surface area contributed by atoms with E-state index in [-0.39, 0.29) is 0 Å². The predicted octanol–water partition coefficient (Wildman–Crippen LogP) is 5.67. The highest BCUT2D eigenvalue weighted by atomic mass is 35.5. The molecule has 0 aromatic heterocycles. The van der Waals surface area contributed by atoms with Crippen LogP contribution in [0.5, 0.6) is 23.0 Å². The van der Waals surface area contributed by atoms with Crippen LogP contribution < -0.4 is 14.2 Å². The first-order valence-corrected chi connectivity index (χ1v) is 9.09. The average Bonchev–Trinajstić information content (AvgIpc) is 2.73. The van der Waals surface area contributed by atoms with Gasteiger partial charge in [-0.25, -0.2) is 4.79 Å². The molecule has 0 fully saturated rings. The van der Waals surface area contributed by atoms with Crippen LogP contribution in [0.2, 0.25) is 5.02 Å². The van der Waals surface area contributed by atoms with Crippen LogP contribution in [0, 0.1) is 0 Å². The second-order valence-electron chi connectivity index (χ2n) is 6.05. The zero-order valence-corrected chi connectivity index (χ0v) is 16.6. The predicted molar refractivity (Wildman–Crippen MR) is 112 cm³/mol. The molecular formula is C23H19ClO5. The van der Waals surface area contributed by atoms with Crippen molar-refractivity contribution in [2.45, 2.75) is 0 Å². The van der Waals surface area contributed by atoms with Gasteiger partial charge in [-0.15, -0.1) is 0 Å². The molecule has 1 N–H and O–H groups in total. The average molecular weight is 411 g/mol. The Balaban J connectivity index is 1.92. The van der Waals surface area contributed by atoms with Crippen LogP contribution in [0.3, 0.4) is 0 Å². The molecule has 0 unspecified atom stereocenters. The summed E-state index contributed by atoms with van der Waals surface area (Å²) in [6, 6.07) is 19.5. The Labute approximate surface area is 173 Å². The summed E-state index contributed by atoms with van der Waals surface area (Å²) >= 11 is 5.88. The first-order valence-electron chi connectivity index (χ1n) is 8.71. The summed E-state index contributed by atoms with van der Waals surface area (Å²) in [6.07, 6.45) is 1.16. The molecule has 29 heavy (non-hydrogen) atoms. The van der Waals surface area contributed by atoms with Gasteiger partial charge in [0.1, 0.15) is 11.5 Å². The number of ether oxygens (including phenoxy) is 3. The molecule has 0 radical (unpaired) electrons. The minimum absolute atomic E-state index is 0.518. The largest absolute Gasteiger partial charge is 0.493 e. The van der Waals surface area contributed by atoms with Crippen molar-refractivity contribution in [3.8, 4) is 23.0 Å². The number of hydrogen-bond donors (Lipinski definition) is 1. The molecule has 0 saturated carbocycles. The molecule has 0 amide bonds. The normalized spacial score (nSPS) is 11.1. The second-order valence-corrected chi connectivity index (χ2v) is 6.48. The van der Waals surface area contributed by atoms with Gasteiger partial charge < -0.3 is 19.3 Å². The van der Waals surface area contributed by atoms with Crippen molar-refractivity contribution >= 4 is 23.1 Å². The van der Waals surface area contributed by atoms with E-state index >= 15 is 0 Å². The Bertz CT molecular complexity index is 1020. The molecule has 0 spiro atoms. The summed E-state index contributed by atoms with van der Waals surface area (Å²) in [6.45, 7) is 0. The lowest BCUT2D eigenvalue weighted by atomic mass is 9.97. The van der Waals surface area contributed by atoms with E-state index in [4.69, 9.17) is 25.8 Å². The molecule has 0 aliphatic heterocycles. The van der Waals surface area contributed by atoms with Crippen LogP contribution in [-0.2, 0) is 4.79 Å². The van der Waals surface area contributed by atoms with Crippen molar-refractivity contribution in [3.05, 3.63) is 89.0 Å². The van der Waals surface area contributed by atoms with E-state index in [1.165, 1.54) is 7.11 Å². The van der Waals surface area contributed by atoms with Crippen LogP contribution >= 0.6 is 11.6 Å². The molecule has 3 rings (SSSR count). The Hall–Kier alpha value is -3.44. The Morgan fingerprint density at radius 1 is 0.828 bits per heavy atom. The van der Waals surface area contributed by atoms with Crippen LogP contribution in [0.1, 0.15) is 11.1 Å². The molecule has 6 heteroatoms. The van der Waals surface area contributed by atoms with Crippen LogP contribution in [0.25, 0.3) is 5.57 Å². The van der Waals surface area contributed by atoms with E-state index in [0.29, 0.717) is 39.2 Å².